The Morgan fingerprint density at radius 2 is 2.50 bits per heavy atom. The molecule has 1 aromatic rings. The number of aromatic nitrogens is 2. The number of hydrogen-bond acceptors (Lipinski definition) is 2. The van der Waals surface area contributed by atoms with Gasteiger partial charge in [0.25, 0.3) is 0 Å². The number of aryl methyl sites for hydroxylation is 1. The zero-order valence-corrected chi connectivity index (χ0v) is 6.28. The van der Waals surface area contributed by atoms with Crippen molar-refractivity contribution < 1.29 is 5.11 Å². The summed E-state index contributed by atoms with van der Waals surface area (Å²) in [4.78, 5) is 0. The molecular weight excluding hydrogens is 128 g/mol. The van der Waals surface area contributed by atoms with Crippen molar-refractivity contribution in [1.82, 2.24) is 9.78 Å². The molecule has 3 nitrogen and oxygen atoms in total. The van der Waals surface area contributed by atoms with Crippen molar-refractivity contribution in [2.75, 3.05) is 0 Å². The van der Waals surface area contributed by atoms with Gasteiger partial charge in [0.15, 0.2) is 0 Å². The van der Waals surface area contributed by atoms with Crippen LogP contribution in [0.25, 0.3) is 0 Å². The SMILES string of the molecule is Cc1ccn(C[C@@H](C)O)n1. The van der Waals surface area contributed by atoms with Crippen LogP contribution in [0, 0.1) is 6.92 Å². The van der Waals surface area contributed by atoms with Gasteiger partial charge in [0.1, 0.15) is 0 Å². The van der Waals surface area contributed by atoms with Gasteiger partial charge in [-0.1, -0.05) is 0 Å². The molecule has 0 aliphatic carbocycles. The summed E-state index contributed by atoms with van der Waals surface area (Å²) in [6.07, 6.45) is 1.54. The summed E-state index contributed by atoms with van der Waals surface area (Å²) < 4.78 is 1.74. The van der Waals surface area contributed by atoms with E-state index in [4.69, 9.17) is 5.11 Å². The van der Waals surface area contributed by atoms with Gasteiger partial charge in [-0.15, -0.1) is 0 Å². The Morgan fingerprint density at radius 1 is 1.80 bits per heavy atom. The maximum absolute atomic E-state index is 8.95. The van der Waals surface area contributed by atoms with E-state index in [0.29, 0.717) is 6.54 Å². The molecule has 0 saturated carbocycles. The van der Waals surface area contributed by atoms with Gasteiger partial charge in [-0.3, -0.25) is 4.68 Å². The highest BCUT2D eigenvalue weighted by molar-refractivity contribution is 4.94. The van der Waals surface area contributed by atoms with Gasteiger partial charge in [-0.05, 0) is 19.9 Å². The Hall–Kier alpha value is -0.830. The lowest BCUT2D eigenvalue weighted by atomic mass is 10.4. The summed E-state index contributed by atoms with van der Waals surface area (Å²) in [5.41, 5.74) is 0.987. The van der Waals surface area contributed by atoms with Crippen molar-refractivity contribution in [1.29, 1.82) is 0 Å². The number of aliphatic hydroxyl groups is 1. The normalized spacial score (nSPS) is 13.5. The van der Waals surface area contributed by atoms with Gasteiger partial charge < -0.3 is 5.11 Å². The summed E-state index contributed by atoms with van der Waals surface area (Å²) in [5, 5.41) is 13.1. The number of nitrogens with zero attached hydrogens (tertiary/aromatic N) is 2. The van der Waals surface area contributed by atoms with E-state index in [2.05, 4.69) is 5.10 Å². The third kappa shape index (κ3) is 1.84. The number of aliphatic hydroxyl groups excluding tert-OH is 1. The summed E-state index contributed by atoms with van der Waals surface area (Å²) >= 11 is 0. The molecule has 0 aromatic carbocycles. The highest BCUT2D eigenvalue weighted by Crippen LogP contribution is 1.93. The lowest BCUT2D eigenvalue weighted by molar-refractivity contribution is 0.168. The first-order valence-electron chi connectivity index (χ1n) is 3.36. The highest BCUT2D eigenvalue weighted by Gasteiger charge is 1.97. The lowest BCUT2D eigenvalue weighted by Crippen LogP contribution is -2.11. The predicted octanol–water partition coefficient (Wildman–Crippen LogP) is 0.572. The standard InChI is InChI=1S/C7H12N2O/c1-6-3-4-9(8-6)5-7(2)10/h3-4,7,10H,5H2,1-2H3/t7-/m1/s1. The van der Waals surface area contributed by atoms with Crippen molar-refractivity contribution >= 4 is 0 Å². The molecule has 1 heterocycles. The van der Waals surface area contributed by atoms with Crippen molar-refractivity contribution in [2.24, 2.45) is 0 Å². The molecule has 56 valence electrons. The van der Waals surface area contributed by atoms with Crippen molar-refractivity contribution in [3.63, 3.8) is 0 Å². The van der Waals surface area contributed by atoms with E-state index in [1.54, 1.807) is 11.6 Å². The van der Waals surface area contributed by atoms with Crippen LogP contribution in [0.5, 0.6) is 0 Å². The maximum Gasteiger partial charge on any atom is 0.0708 e. The molecule has 0 unspecified atom stereocenters. The molecule has 0 spiro atoms. The first-order valence-corrected chi connectivity index (χ1v) is 3.36. The van der Waals surface area contributed by atoms with Crippen molar-refractivity contribution in [3.05, 3.63) is 18.0 Å². The van der Waals surface area contributed by atoms with E-state index < -0.39 is 0 Å². The Kier molecular flexibility index (Phi) is 2.06. The summed E-state index contributed by atoms with van der Waals surface area (Å²) in [6, 6.07) is 1.92. The van der Waals surface area contributed by atoms with Gasteiger partial charge in [0, 0.05) is 6.20 Å². The Morgan fingerprint density at radius 3 is 2.90 bits per heavy atom. The molecule has 0 aliphatic heterocycles. The third-order valence-corrected chi connectivity index (χ3v) is 1.23. The average molecular weight is 140 g/mol. The molecule has 1 atom stereocenters. The van der Waals surface area contributed by atoms with E-state index >= 15 is 0 Å². The largest absolute Gasteiger partial charge is 0.391 e. The fourth-order valence-corrected chi connectivity index (χ4v) is 0.836. The molecule has 3 heteroatoms. The van der Waals surface area contributed by atoms with Crippen LogP contribution < -0.4 is 0 Å². The van der Waals surface area contributed by atoms with Gasteiger partial charge in [0.05, 0.1) is 18.3 Å². The quantitative estimate of drug-likeness (QED) is 0.652. The fraction of sp³-hybridized carbons (Fsp3) is 0.571. The molecule has 1 aromatic heterocycles. The second-order valence-corrected chi connectivity index (χ2v) is 2.53. The van der Waals surface area contributed by atoms with Crippen LogP contribution in [0.15, 0.2) is 12.3 Å². The first-order chi connectivity index (χ1) is 4.68. The van der Waals surface area contributed by atoms with Gasteiger partial charge in [-0.2, -0.15) is 5.10 Å². The van der Waals surface area contributed by atoms with Gasteiger partial charge in [0.2, 0.25) is 0 Å². The van der Waals surface area contributed by atoms with Crippen LogP contribution in [0.3, 0.4) is 0 Å². The molecule has 0 fully saturated rings. The van der Waals surface area contributed by atoms with Crippen LogP contribution in [-0.4, -0.2) is 21.0 Å². The van der Waals surface area contributed by atoms with Crippen LogP contribution in [-0.2, 0) is 6.54 Å². The topological polar surface area (TPSA) is 38.0 Å². The molecule has 0 amide bonds. The number of rotatable bonds is 2. The first kappa shape index (κ1) is 7.28. The lowest BCUT2D eigenvalue weighted by Gasteiger charge is -2.02. The minimum Gasteiger partial charge on any atom is -0.391 e. The zero-order valence-electron chi connectivity index (χ0n) is 6.28. The van der Waals surface area contributed by atoms with Crippen LogP contribution in [0.1, 0.15) is 12.6 Å². The van der Waals surface area contributed by atoms with E-state index in [1.807, 2.05) is 19.2 Å². The number of hydrogen-bond donors (Lipinski definition) is 1. The van der Waals surface area contributed by atoms with Gasteiger partial charge in [-0.25, -0.2) is 0 Å². The molecule has 1 rings (SSSR count). The van der Waals surface area contributed by atoms with E-state index in [1.165, 1.54) is 0 Å². The van der Waals surface area contributed by atoms with Crippen LogP contribution >= 0.6 is 0 Å². The summed E-state index contributed by atoms with van der Waals surface area (Å²) in [6.45, 7) is 4.25. The Bertz CT molecular complexity index is 205. The van der Waals surface area contributed by atoms with Gasteiger partial charge >= 0.3 is 0 Å². The minimum atomic E-state index is -0.320. The Balaban J connectivity index is 2.58. The molecule has 0 radical (unpaired) electrons. The molecule has 1 N–H and O–H groups in total. The molecule has 0 aliphatic rings. The van der Waals surface area contributed by atoms with Crippen LogP contribution in [0.2, 0.25) is 0 Å². The van der Waals surface area contributed by atoms with Crippen molar-refractivity contribution in [3.8, 4) is 0 Å². The van der Waals surface area contributed by atoms with E-state index in [-0.39, 0.29) is 6.10 Å². The predicted molar refractivity (Wildman–Crippen MR) is 38.6 cm³/mol. The van der Waals surface area contributed by atoms with Crippen molar-refractivity contribution in [2.45, 2.75) is 26.5 Å². The minimum absolute atomic E-state index is 0.320. The highest BCUT2D eigenvalue weighted by atomic mass is 16.3. The summed E-state index contributed by atoms with van der Waals surface area (Å²) in [7, 11) is 0. The smallest absolute Gasteiger partial charge is 0.0708 e. The monoisotopic (exact) mass is 140 g/mol. The zero-order chi connectivity index (χ0) is 7.56. The fourth-order valence-electron chi connectivity index (χ4n) is 0.836. The average Bonchev–Trinajstić information content (AvgIpc) is 2.13. The maximum atomic E-state index is 8.95. The molecule has 0 saturated heterocycles. The van der Waals surface area contributed by atoms with Crippen LogP contribution in [0.4, 0.5) is 0 Å². The Labute approximate surface area is 60.3 Å². The van der Waals surface area contributed by atoms with E-state index in [0.717, 1.165) is 5.69 Å². The molecule has 0 bridgehead atoms. The molecule has 10 heavy (non-hydrogen) atoms. The molecular formula is C7H12N2O. The second-order valence-electron chi connectivity index (χ2n) is 2.53. The van der Waals surface area contributed by atoms with E-state index in [9.17, 15) is 0 Å². The second kappa shape index (κ2) is 2.84. The third-order valence-electron chi connectivity index (χ3n) is 1.23. The summed E-state index contributed by atoms with van der Waals surface area (Å²) in [5.74, 6) is 0.